The highest BCUT2D eigenvalue weighted by molar-refractivity contribution is 7.99. The van der Waals surface area contributed by atoms with Gasteiger partial charge in [0.05, 0.1) is 0 Å². The van der Waals surface area contributed by atoms with E-state index in [1.807, 2.05) is 6.92 Å². The van der Waals surface area contributed by atoms with Gasteiger partial charge in [-0.15, -0.1) is 0 Å². The molecule has 0 bridgehead atoms. The zero-order valence-electron chi connectivity index (χ0n) is 15.3. The monoisotopic (exact) mass is 407 g/mol. The minimum Gasteiger partial charge on any atom is -0.480 e. The molecule has 0 saturated carbocycles. The Morgan fingerprint density at radius 2 is 1.78 bits per heavy atom. The number of aliphatic carboxylic acids is 2. The number of aliphatic hydroxyl groups is 1. The Morgan fingerprint density at radius 3 is 2.30 bits per heavy atom. The number of carboxylic acids is 2. The molecule has 0 aromatic carbocycles. The SMILES string of the molecule is CCCC(CCO)SC[C@H](NC(=O)CC[C@@H](N)C(=O)O)C(=O)NCC(=O)O. The second kappa shape index (κ2) is 14.2. The van der Waals surface area contributed by atoms with Crippen LogP contribution in [0.25, 0.3) is 0 Å². The highest BCUT2D eigenvalue weighted by atomic mass is 32.2. The van der Waals surface area contributed by atoms with E-state index in [0.29, 0.717) is 6.42 Å². The van der Waals surface area contributed by atoms with Crippen molar-refractivity contribution in [3.05, 3.63) is 0 Å². The molecular weight excluding hydrogens is 378 g/mol. The third-order valence-corrected chi connectivity index (χ3v) is 5.09. The Morgan fingerprint density at radius 1 is 1.11 bits per heavy atom. The first kappa shape index (κ1) is 25.1. The number of carboxylic acid groups (broad SMARTS) is 2. The standard InChI is InChI=1S/C16H29N3O7S/c1-2-3-10(6-7-20)27-9-12(15(24)18-8-14(22)23)19-13(21)5-4-11(17)16(25)26/h10-12,20H,2-9,17H2,1H3,(H,18,24)(H,19,21)(H,22,23)(H,25,26)/t10?,11-,12+/m1/s1. The predicted octanol–water partition coefficient (Wildman–Crippen LogP) is -0.852. The largest absolute Gasteiger partial charge is 0.480 e. The number of nitrogens with two attached hydrogens (primary N) is 1. The summed E-state index contributed by atoms with van der Waals surface area (Å²) in [5, 5.41) is 31.3. The zero-order chi connectivity index (χ0) is 20.8. The summed E-state index contributed by atoms with van der Waals surface area (Å²) in [7, 11) is 0. The van der Waals surface area contributed by atoms with Crippen LogP contribution in [0.2, 0.25) is 0 Å². The summed E-state index contributed by atoms with van der Waals surface area (Å²) in [4.78, 5) is 45.5. The molecule has 1 unspecified atom stereocenters. The predicted molar refractivity (Wildman–Crippen MR) is 100 cm³/mol. The van der Waals surface area contributed by atoms with Crippen molar-refractivity contribution in [3.8, 4) is 0 Å². The van der Waals surface area contributed by atoms with Crippen LogP contribution in [-0.2, 0) is 19.2 Å². The molecule has 0 aromatic rings. The van der Waals surface area contributed by atoms with Crippen molar-refractivity contribution >= 4 is 35.5 Å². The highest BCUT2D eigenvalue weighted by Crippen LogP contribution is 2.20. The molecule has 10 nitrogen and oxygen atoms in total. The van der Waals surface area contributed by atoms with Gasteiger partial charge >= 0.3 is 11.9 Å². The number of hydrogen-bond acceptors (Lipinski definition) is 7. The molecule has 0 saturated heterocycles. The van der Waals surface area contributed by atoms with Crippen LogP contribution in [0.1, 0.15) is 39.0 Å². The van der Waals surface area contributed by atoms with Crippen LogP contribution in [0.3, 0.4) is 0 Å². The smallest absolute Gasteiger partial charge is 0.322 e. The lowest BCUT2D eigenvalue weighted by atomic mass is 10.1. The maximum Gasteiger partial charge on any atom is 0.322 e. The van der Waals surface area contributed by atoms with Crippen molar-refractivity contribution < 1.29 is 34.5 Å². The van der Waals surface area contributed by atoms with E-state index >= 15 is 0 Å². The Bertz CT molecular complexity index is 498. The number of aliphatic hydroxyl groups excluding tert-OH is 1. The Labute approximate surface area is 162 Å². The molecule has 27 heavy (non-hydrogen) atoms. The molecule has 156 valence electrons. The molecule has 7 N–H and O–H groups in total. The summed E-state index contributed by atoms with van der Waals surface area (Å²) in [6.07, 6.45) is 2.02. The topological polar surface area (TPSA) is 179 Å². The number of carbonyl (C=O) groups is 4. The molecule has 0 radical (unpaired) electrons. The Balaban J connectivity index is 4.80. The summed E-state index contributed by atoms with van der Waals surface area (Å²) >= 11 is 1.41. The summed E-state index contributed by atoms with van der Waals surface area (Å²) < 4.78 is 0. The molecular formula is C16H29N3O7S. The fourth-order valence-corrected chi connectivity index (χ4v) is 3.53. The van der Waals surface area contributed by atoms with Gasteiger partial charge in [0.25, 0.3) is 0 Å². The van der Waals surface area contributed by atoms with E-state index in [4.69, 9.17) is 21.1 Å². The van der Waals surface area contributed by atoms with Crippen molar-refractivity contribution in [3.63, 3.8) is 0 Å². The fraction of sp³-hybridized carbons (Fsp3) is 0.750. The van der Waals surface area contributed by atoms with Gasteiger partial charge < -0.3 is 31.7 Å². The molecule has 3 atom stereocenters. The van der Waals surface area contributed by atoms with Crippen molar-refractivity contribution in [2.75, 3.05) is 18.9 Å². The van der Waals surface area contributed by atoms with Crippen molar-refractivity contribution in [2.45, 2.75) is 56.4 Å². The van der Waals surface area contributed by atoms with Gasteiger partial charge in [0.2, 0.25) is 11.8 Å². The number of carbonyl (C=O) groups excluding carboxylic acids is 2. The summed E-state index contributed by atoms with van der Waals surface area (Å²) in [6.45, 7) is 1.43. The first-order valence-corrected chi connectivity index (χ1v) is 9.75. The van der Waals surface area contributed by atoms with E-state index in [1.54, 1.807) is 0 Å². The van der Waals surface area contributed by atoms with E-state index in [9.17, 15) is 19.2 Å². The normalized spacial score (nSPS) is 14.0. The number of rotatable bonds is 15. The van der Waals surface area contributed by atoms with Crippen molar-refractivity contribution in [1.29, 1.82) is 0 Å². The zero-order valence-corrected chi connectivity index (χ0v) is 16.2. The van der Waals surface area contributed by atoms with Gasteiger partial charge in [0, 0.05) is 24.0 Å². The van der Waals surface area contributed by atoms with Crippen molar-refractivity contribution in [2.24, 2.45) is 5.73 Å². The van der Waals surface area contributed by atoms with Gasteiger partial charge in [-0.25, -0.2) is 0 Å². The van der Waals surface area contributed by atoms with Crippen LogP contribution in [0.15, 0.2) is 0 Å². The van der Waals surface area contributed by atoms with Crippen LogP contribution in [-0.4, -0.2) is 75.3 Å². The molecule has 2 amide bonds. The van der Waals surface area contributed by atoms with Gasteiger partial charge in [0.15, 0.2) is 0 Å². The van der Waals surface area contributed by atoms with E-state index in [0.717, 1.165) is 12.8 Å². The van der Waals surface area contributed by atoms with Crippen LogP contribution in [0.4, 0.5) is 0 Å². The van der Waals surface area contributed by atoms with Crippen molar-refractivity contribution in [1.82, 2.24) is 10.6 Å². The van der Waals surface area contributed by atoms with E-state index < -0.39 is 42.4 Å². The Hall–Kier alpha value is -1.85. The van der Waals surface area contributed by atoms with Crippen LogP contribution >= 0.6 is 11.8 Å². The third kappa shape index (κ3) is 12.2. The quantitative estimate of drug-likeness (QED) is 0.201. The summed E-state index contributed by atoms with van der Waals surface area (Å²) in [5.74, 6) is -3.41. The number of hydrogen-bond donors (Lipinski definition) is 6. The van der Waals surface area contributed by atoms with E-state index in [2.05, 4.69) is 10.6 Å². The summed E-state index contributed by atoms with van der Waals surface area (Å²) in [5.41, 5.74) is 5.35. The van der Waals surface area contributed by atoms with Gasteiger partial charge in [-0.2, -0.15) is 11.8 Å². The lowest BCUT2D eigenvalue weighted by Gasteiger charge is -2.21. The molecule has 0 fully saturated rings. The van der Waals surface area contributed by atoms with Crippen LogP contribution in [0, 0.1) is 0 Å². The molecule has 0 aliphatic rings. The van der Waals surface area contributed by atoms with E-state index in [1.165, 1.54) is 11.8 Å². The first-order chi connectivity index (χ1) is 12.7. The molecule has 0 aliphatic heterocycles. The van der Waals surface area contributed by atoms with Crippen LogP contribution in [0.5, 0.6) is 0 Å². The second-order valence-electron chi connectivity index (χ2n) is 5.97. The maximum atomic E-state index is 12.2. The van der Waals surface area contributed by atoms with Gasteiger partial charge in [-0.3, -0.25) is 19.2 Å². The Kier molecular flexibility index (Phi) is 13.3. The minimum atomic E-state index is -1.22. The average Bonchev–Trinajstić information content (AvgIpc) is 2.60. The highest BCUT2D eigenvalue weighted by Gasteiger charge is 2.23. The second-order valence-corrected chi connectivity index (χ2v) is 7.30. The summed E-state index contributed by atoms with van der Waals surface area (Å²) in [6, 6.07) is -2.15. The lowest BCUT2D eigenvalue weighted by molar-refractivity contribution is -0.139. The third-order valence-electron chi connectivity index (χ3n) is 3.63. The number of thioether (sulfide) groups is 1. The van der Waals surface area contributed by atoms with Crippen LogP contribution < -0.4 is 16.4 Å². The molecule has 0 rings (SSSR count). The molecule has 0 aromatic heterocycles. The first-order valence-electron chi connectivity index (χ1n) is 8.70. The lowest BCUT2D eigenvalue weighted by Crippen LogP contribution is -2.49. The number of nitrogens with one attached hydrogen (secondary N) is 2. The van der Waals surface area contributed by atoms with E-state index in [-0.39, 0.29) is 30.5 Å². The number of amides is 2. The maximum absolute atomic E-state index is 12.2. The molecule has 0 aliphatic carbocycles. The van der Waals surface area contributed by atoms with Gasteiger partial charge in [-0.1, -0.05) is 13.3 Å². The molecule has 0 heterocycles. The van der Waals surface area contributed by atoms with Gasteiger partial charge in [0.1, 0.15) is 18.6 Å². The average molecular weight is 407 g/mol. The minimum absolute atomic E-state index is 0.00692. The fourth-order valence-electron chi connectivity index (χ4n) is 2.15. The van der Waals surface area contributed by atoms with Gasteiger partial charge in [-0.05, 0) is 19.3 Å². The molecule has 11 heteroatoms. The molecule has 0 spiro atoms.